The van der Waals surface area contributed by atoms with Crippen LogP contribution in [0.15, 0.2) is 24.3 Å². The summed E-state index contributed by atoms with van der Waals surface area (Å²) in [6.45, 7) is 8.47. The van der Waals surface area contributed by atoms with Crippen LogP contribution in [-0.4, -0.2) is 61.7 Å². The van der Waals surface area contributed by atoms with Gasteiger partial charge in [0, 0.05) is 44.8 Å². The topological polar surface area (TPSA) is 18.5 Å². The summed E-state index contributed by atoms with van der Waals surface area (Å²) in [5.74, 6) is 0. The lowest BCUT2D eigenvalue weighted by molar-refractivity contribution is -0.00202. The highest BCUT2D eigenvalue weighted by Gasteiger charge is 2.35. The summed E-state index contributed by atoms with van der Waals surface area (Å²) in [6, 6.07) is 10.4. The Morgan fingerprint density at radius 1 is 1.10 bits per heavy atom. The third-order valence-electron chi connectivity index (χ3n) is 5.04. The Bertz CT molecular complexity index is 420. The Labute approximate surface area is 123 Å². The van der Waals surface area contributed by atoms with Gasteiger partial charge in [-0.15, -0.1) is 0 Å². The second-order valence-corrected chi connectivity index (χ2v) is 6.17. The molecule has 3 heterocycles. The maximum Gasteiger partial charge on any atom is 0.0380 e. The predicted octanol–water partition coefficient (Wildman–Crippen LogP) is 1.38. The molecule has 3 nitrogen and oxygen atoms in total. The van der Waals surface area contributed by atoms with Gasteiger partial charge in [-0.2, -0.15) is 0 Å². The van der Waals surface area contributed by atoms with Crippen LogP contribution in [0.4, 0.5) is 0 Å². The van der Waals surface area contributed by atoms with E-state index in [0.29, 0.717) is 12.1 Å². The second-order valence-electron chi connectivity index (χ2n) is 6.17. The summed E-state index contributed by atoms with van der Waals surface area (Å²) in [5.41, 5.74) is 2.89. The average molecular weight is 273 g/mol. The molecule has 0 radical (unpaired) electrons. The van der Waals surface area contributed by atoms with Crippen LogP contribution >= 0.6 is 0 Å². The molecule has 0 spiro atoms. The Morgan fingerprint density at radius 2 is 1.75 bits per heavy atom. The number of hydrogen-bond acceptors (Lipinski definition) is 3. The average Bonchev–Trinajstić information content (AvgIpc) is 2.54. The van der Waals surface area contributed by atoms with Crippen molar-refractivity contribution < 1.29 is 0 Å². The number of rotatable bonds is 5. The highest BCUT2D eigenvalue weighted by molar-refractivity contribution is 5.23. The molecule has 2 atom stereocenters. The highest BCUT2D eigenvalue weighted by atomic mass is 15.4. The van der Waals surface area contributed by atoms with Gasteiger partial charge in [-0.25, -0.2) is 0 Å². The van der Waals surface area contributed by atoms with Crippen molar-refractivity contribution in [3.05, 3.63) is 35.4 Å². The first kappa shape index (κ1) is 14.1. The van der Waals surface area contributed by atoms with Crippen LogP contribution in [0.2, 0.25) is 0 Å². The molecule has 0 amide bonds. The molecule has 1 aromatic rings. The quantitative estimate of drug-likeness (QED) is 0.874. The Balaban J connectivity index is 1.67. The van der Waals surface area contributed by atoms with Gasteiger partial charge in [-0.05, 0) is 31.0 Å². The summed E-state index contributed by atoms with van der Waals surface area (Å²) < 4.78 is 0. The van der Waals surface area contributed by atoms with Crippen molar-refractivity contribution in [1.82, 2.24) is 15.1 Å². The number of fused-ring (bicyclic) bond motifs is 3. The largest absolute Gasteiger partial charge is 0.315 e. The number of aryl methyl sites for hydroxylation is 1. The molecule has 0 saturated carbocycles. The lowest BCUT2D eigenvalue weighted by atomic mass is 9.94. The van der Waals surface area contributed by atoms with Crippen molar-refractivity contribution in [3.8, 4) is 0 Å². The Morgan fingerprint density at radius 3 is 2.25 bits per heavy atom. The van der Waals surface area contributed by atoms with Crippen molar-refractivity contribution in [2.45, 2.75) is 31.8 Å². The normalized spacial score (nSPS) is 30.4. The maximum atomic E-state index is 3.57. The third-order valence-corrected chi connectivity index (χ3v) is 5.04. The first-order chi connectivity index (χ1) is 9.80. The molecule has 3 aliphatic heterocycles. The van der Waals surface area contributed by atoms with Gasteiger partial charge in [-0.3, -0.25) is 9.80 Å². The van der Waals surface area contributed by atoms with Crippen LogP contribution in [0.1, 0.15) is 18.1 Å². The van der Waals surface area contributed by atoms with Crippen LogP contribution < -0.4 is 5.32 Å². The zero-order valence-corrected chi connectivity index (χ0v) is 12.8. The van der Waals surface area contributed by atoms with Crippen molar-refractivity contribution in [3.63, 3.8) is 0 Å². The number of nitrogens with zero attached hydrogens (tertiary/aromatic N) is 2. The molecule has 0 aromatic heterocycles. The first-order valence-electron chi connectivity index (χ1n) is 8.01. The van der Waals surface area contributed by atoms with Crippen LogP contribution in [0, 0.1) is 0 Å². The minimum absolute atomic E-state index is 0.561. The summed E-state index contributed by atoms with van der Waals surface area (Å²) in [5, 5.41) is 3.57. The maximum absolute atomic E-state index is 3.57. The molecule has 2 bridgehead atoms. The zero-order valence-electron chi connectivity index (χ0n) is 12.8. The molecule has 3 aliphatic rings. The van der Waals surface area contributed by atoms with Crippen LogP contribution in [0.5, 0.6) is 0 Å². The van der Waals surface area contributed by atoms with Gasteiger partial charge in [0.05, 0.1) is 0 Å². The van der Waals surface area contributed by atoms with Gasteiger partial charge in [-0.1, -0.05) is 31.2 Å². The summed E-state index contributed by atoms with van der Waals surface area (Å²) in [7, 11) is 2.11. The molecule has 3 heteroatoms. The van der Waals surface area contributed by atoms with E-state index >= 15 is 0 Å². The molecule has 1 aromatic carbocycles. The number of benzene rings is 1. The van der Waals surface area contributed by atoms with E-state index in [2.05, 4.69) is 53.4 Å². The van der Waals surface area contributed by atoms with Crippen molar-refractivity contribution in [1.29, 1.82) is 0 Å². The van der Waals surface area contributed by atoms with E-state index in [1.165, 1.54) is 43.9 Å². The van der Waals surface area contributed by atoms with Crippen LogP contribution in [0.3, 0.4) is 0 Å². The van der Waals surface area contributed by atoms with Gasteiger partial charge in [0.15, 0.2) is 0 Å². The molecule has 3 fully saturated rings. The van der Waals surface area contributed by atoms with Gasteiger partial charge < -0.3 is 5.32 Å². The molecule has 2 unspecified atom stereocenters. The van der Waals surface area contributed by atoms with E-state index in [4.69, 9.17) is 0 Å². The van der Waals surface area contributed by atoms with E-state index in [9.17, 15) is 0 Å². The lowest BCUT2D eigenvalue weighted by Gasteiger charge is -2.50. The molecule has 20 heavy (non-hydrogen) atoms. The van der Waals surface area contributed by atoms with Gasteiger partial charge in [0.2, 0.25) is 0 Å². The SMILES string of the molecule is CCc1ccc(CC(NC)C2CN3CCN2CC3)cc1. The third kappa shape index (κ3) is 2.90. The number of likely N-dealkylation sites (N-methyl/N-ethyl adjacent to an activating group) is 1. The zero-order chi connectivity index (χ0) is 13.9. The fourth-order valence-corrected chi connectivity index (χ4v) is 3.63. The minimum Gasteiger partial charge on any atom is -0.315 e. The monoisotopic (exact) mass is 273 g/mol. The summed E-state index contributed by atoms with van der Waals surface area (Å²) >= 11 is 0. The number of nitrogens with one attached hydrogen (secondary N) is 1. The minimum atomic E-state index is 0.561. The highest BCUT2D eigenvalue weighted by Crippen LogP contribution is 2.20. The smallest absolute Gasteiger partial charge is 0.0380 e. The molecule has 4 rings (SSSR count). The summed E-state index contributed by atoms with van der Waals surface area (Å²) in [6.07, 6.45) is 2.26. The molecular formula is C17H27N3. The van der Waals surface area contributed by atoms with E-state index in [-0.39, 0.29) is 0 Å². The molecule has 0 aliphatic carbocycles. The van der Waals surface area contributed by atoms with E-state index in [1.54, 1.807) is 0 Å². The fraction of sp³-hybridized carbons (Fsp3) is 0.647. The standard InChI is InChI=1S/C17H27N3/c1-3-14-4-6-15(7-5-14)12-16(18-2)17-13-19-8-10-20(17)11-9-19/h4-7,16-18H,3,8-13H2,1-2H3. The summed E-state index contributed by atoms with van der Waals surface area (Å²) in [4.78, 5) is 5.30. The van der Waals surface area contributed by atoms with Gasteiger partial charge >= 0.3 is 0 Å². The second kappa shape index (κ2) is 6.25. The van der Waals surface area contributed by atoms with Crippen molar-refractivity contribution >= 4 is 0 Å². The van der Waals surface area contributed by atoms with Crippen molar-refractivity contribution in [2.24, 2.45) is 0 Å². The van der Waals surface area contributed by atoms with Crippen LogP contribution in [0.25, 0.3) is 0 Å². The van der Waals surface area contributed by atoms with Crippen LogP contribution in [-0.2, 0) is 12.8 Å². The van der Waals surface area contributed by atoms with Crippen molar-refractivity contribution in [2.75, 3.05) is 39.8 Å². The van der Waals surface area contributed by atoms with E-state index in [0.717, 1.165) is 12.8 Å². The molecule has 3 saturated heterocycles. The fourth-order valence-electron chi connectivity index (χ4n) is 3.63. The predicted molar refractivity (Wildman–Crippen MR) is 84.2 cm³/mol. The first-order valence-corrected chi connectivity index (χ1v) is 8.01. The number of piperazine rings is 3. The van der Waals surface area contributed by atoms with E-state index < -0.39 is 0 Å². The lowest BCUT2D eigenvalue weighted by Crippen LogP contribution is -2.66. The Hall–Kier alpha value is -0.900. The van der Waals surface area contributed by atoms with Gasteiger partial charge in [0.25, 0.3) is 0 Å². The number of hydrogen-bond donors (Lipinski definition) is 1. The molecular weight excluding hydrogens is 246 g/mol. The van der Waals surface area contributed by atoms with Gasteiger partial charge in [0.1, 0.15) is 0 Å². The molecule has 1 N–H and O–H groups in total. The molecule has 110 valence electrons. The van der Waals surface area contributed by atoms with E-state index in [1.807, 2.05) is 0 Å². The Kier molecular flexibility index (Phi) is 4.39.